The Bertz CT molecular complexity index is 1600. The largest absolute Gasteiger partial charge is 0.416 e. The summed E-state index contributed by atoms with van der Waals surface area (Å²) in [7, 11) is 0. The summed E-state index contributed by atoms with van der Waals surface area (Å²) in [4.78, 5) is 20.6. The molecule has 0 saturated heterocycles. The van der Waals surface area contributed by atoms with Crippen LogP contribution in [0.25, 0.3) is 22.3 Å². The van der Waals surface area contributed by atoms with E-state index in [0.717, 1.165) is 56.9 Å². The number of H-pyrrole nitrogens is 1. The average Bonchev–Trinajstić information content (AvgIpc) is 3.35. The number of carbonyl (C=O) groups is 1. The quantitative estimate of drug-likeness (QED) is 0.230. The highest BCUT2D eigenvalue weighted by atomic mass is 19.4. The van der Waals surface area contributed by atoms with Gasteiger partial charge in [-0.25, -0.2) is 4.98 Å². The van der Waals surface area contributed by atoms with Crippen molar-refractivity contribution in [1.82, 2.24) is 9.97 Å². The predicted molar refractivity (Wildman–Crippen MR) is 140 cm³/mol. The van der Waals surface area contributed by atoms with E-state index in [1.54, 1.807) is 12.1 Å². The lowest BCUT2D eigenvalue weighted by atomic mass is 10.1. The van der Waals surface area contributed by atoms with Crippen LogP contribution in [0.15, 0.2) is 85.1 Å². The first-order valence-electron chi connectivity index (χ1n) is 11.6. The first-order chi connectivity index (χ1) is 17.7. The summed E-state index contributed by atoms with van der Waals surface area (Å²) in [6.07, 6.45) is -2.71. The van der Waals surface area contributed by atoms with Crippen molar-refractivity contribution in [3.8, 4) is 11.3 Å². The summed E-state index contributed by atoms with van der Waals surface area (Å²) in [6.45, 7) is 3.96. The van der Waals surface area contributed by atoms with Crippen LogP contribution in [0.1, 0.15) is 27.0 Å². The van der Waals surface area contributed by atoms with Crippen LogP contribution in [-0.4, -0.2) is 15.9 Å². The van der Waals surface area contributed by atoms with Gasteiger partial charge >= 0.3 is 6.18 Å². The highest BCUT2D eigenvalue weighted by molar-refractivity contribution is 6.04. The number of aromatic nitrogens is 2. The van der Waals surface area contributed by atoms with Gasteiger partial charge in [0, 0.05) is 34.1 Å². The molecule has 0 fully saturated rings. The van der Waals surface area contributed by atoms with Gasteiger partial charge in [-0.05, 0) is 61.9 Å². The number of pyridine rings is 1. The van der Waals surface area contributed by atoms with E-state index in [4.69, 9.17) is 4.98 Å². The fourth-order valence-electron chi connectivity index (χ4n) is 4.03. The molecule has 2 aromatic heterocycles. The number of carbonyl (C=O) groups excluding carboxylic acids is 1. The highest BCUT2D eigenvalue weighted by Crippen LogP contribution is 2.33. The molecule has 0 radical (unpaired) electrons. The minimum Gasteiger partial charge on any atom is -0.355 e. The second-order valence-electron chi connectivity index (χ2n) is 8.85. The van der Waals surface area contributed by atoms with Crippen molar-refractivity contribution < 1.29 is 18.0 Å². The number of aryl methyl sites for hydroxylation is 2. The molecule has 8 heteroatoms. The molecule has 37 heavy (non-hydrogen) atoms. The number of rotatable bonds is 5. The fourth-order valence-corrected chi connectivity index (χ4v) is 4.03. The molecule has 3 aromatic carbocycles. The third kappa shape index (κ3) is 5.18. The zero-order valence-electron chi connectivity index (χ0n) is 20.1. The molecular formula is C29H23F3N4O. The lowest BCUT2D eigenvalue weighted by Crippen LogP contribution is -2.14. The van der Waals surface area contributed by atoms with Gasteiger partial charge in [-0.2, -0.15) is 13.2 Å². The van der Waals surface area contributed by atoms with Crippen LogP contribution in [0, 0.1) is 13.8 Å². The smallest absolute Gasteiger partial charge is 0.355 e. The van der Waals surface area contributed by atoms with E-state index >= 15 is 0 Å². The summed E-state index contributed by atoms with van der Waals surface area (Å²) < 4.78 is 39.2. The van der Waals surface area contributed by atoms with E-state index in [9.17, 15) is 18.0 Å². The Hall–Kier alpha value is -4.59. The van der Waals surface area contributed by atoms with Crippen LogP contribution in [0.2, 0.25) is 0 Å². The molecular weight excluding hydrogens is 477 g/mol. The molecule has 5 aromatic rings. The standard InChI is InChI=1S/C29H23F3N4O/c1-17-6-9-19(10-7-17)25-16-26(23-12-13-33-27(23)36-25)35-24-15-22(11-8-18(24)2)34-28(37)20-4-3-5-21(14-20)29(30,31)32/h3-16H,1-2H3,(H,34,37)(H2,33,35,36). The number of halogens is 3. The molecule has 5 rings (SSSR count). The number of nitrogens with zero attached hydrogens (tertiary/aromatic N) is 1. The van der Waals surface area contributed by atoms with Gasteiger partial charge in [0.15, 0.2) is 0 Å². The SMILES string of the molecule is Cc1ccc(-c2cc(Nc3cc(NC(=O)c4cccc(C(F)(F)F)c4)ccc3C)c3cc[nH]c3n2)cc1. The summed E-state index contributed by atoms with van der Waals surface area (Å²) >= 11 is 0. The summed E-state index contributed by atoms with van der Waals surface area (Å²) in [5.41, 5.74) is 5.66. The van der Waals surface area contributed by atoms with Crippen molar-refractivity contribution in [2.75, 3.05) is 10.6 Å². The Labute approximate surface area is 211 Å². The number of nitrogens with one attached hydrogen (secondary N) is 3. The van der Waals surface area contributed by atoms with E-state index in [1.807, 2.05) is 62.5 Å². The van der Waals surface area contributed by atoms with E-state index < -0.39 is 17.6 Å². The monoisotopic (exact) mass is 500 g/mol. The molecule has 0 aliphatic heterocycles. The lowest BCUT2D eigenvalue weighted by Gasteiger charge is -2.15. The lowest BCUT2D eigenvalue weighted by molar-refractivity contribution is -0.137. The van der Waals surface area contributed by atoms with Crippen LogP contribution >= 0.6 is 0 Å². The van der Waals surface area contributed by atoms with Crippen molar-refractivity contribution in [3.05, 3.63) is 107 Å². The van der Waals surface area contributed by atoms with Crippen LogP contribution in [-0.2, 0) is 6.18 Å². The normalized spacial score (nSPS) is 11.5. The number of benzene rings is 3. The number of amides is 1. The molecule has 0 unspecified atom stereocenters. The van der Waals surface area contributed by atoms with Crippen molar-refractivity contribution >= 4 is 34.0 Å². The van der Waals surface area contributed by atoms with Gasteiger partial charge in [0.05, 0.1) is 16.9 Å². The molecule has 186 valence electrons. The second-order valence-corrected chi connectivity index (χ2v) is 8.85. The van der Waals surface area contributed by atoms with E-state index in [2.05, 4.69) is 15.6 Å². The maximum absolute atomic E-state index is 13.1. The Morgan fingerprint density at radius 2 is 1.68 bits per heavy atom. The van der Waals surface area contributed by atoms with Gasteiger partial charge in [0.25, 0.3) is 5.91 Å². The highest BCUT2D eigenvalue weighted by Gasteiger charge is 2.30. The molecule has 0 atom stereocenters. The van der Waals surface area contributed by atoms with Gasteiger partial charge in [0.1, 0.15) is 5.65 Å². The summed E-state index contributed by atoms with van der Waals surface area (Å²) in [5, 5.41) is 7.04. The minimum absolute atomic E-state index is 0.0733. The van der Waals surface area contributed by atoms with Gasteiger partial charge in [-0.3, -0.25) is 4.79 Å². The number of anilines is 3. The van der Waals surface area contributed by atoms with E-state index in [0.29, 0.717) is 5.69 Å². The molecule has 1 amide bonds. The Morgan fingerprint density at radius 3 is 2.43 bits per heavy atom. The van der Waals surface area contributed by atoms with E-state index in [1.165, 1.54) is 12.1 Å². The second kappa shape index (κ2) is 9.46. The number of hydrogen-bond donors (Lipinski definition) is 3. The van der Waals surface area contributed by atoms with Gasteiger partial charge in [0.2, 0.25) is 0 Å². The molecule has 0 saturated carbocycles. The number of fused-ring (bicyclic) bond motifs is 1. The van der Waals surface area contributed by atoms with Crippen LogP contribution in [0.5, 0.6) is 0 Å². The molecule has 0 aliphatic carbocycles. The van der Waals surface area contributed by atoms with Crippen molar-refractivity contribution in [2.24, 2.45) is 0 Å². The minimum atomic E-state index is -4.53. The number of hydrogen-bond acceptors (Lipinski definition) is 3. The summed E-state index contributed by atoms with van der Waals surface area (Å²) in [5.74, 6) is -0.625. The Balaban J connectivity index is 1.44. The first-order valence-corrected chi connectivity index (χ1v) is 11.6. The van der Waals surface area contributed by atoms with Crippen LogP contribution in [0.4, 0.5) is 30.2 Å². The fraction of sp³-hybridized carbons (Fsp3) is 0.103. The molecule has 0 aliphatic rings. The third-order valence-electron chi connectivity index (χ3n) is 6.09. The van der Waals surface area contributed by atoms with E-state index in [-0.39, 0.29) is 5.56 Å². The average molecular weight is 501 g/mol. The maximum Gasteiger partial charge on any atom is 0.416 e. The molecule has 5 nitrogen and oxygen atoms in total. The van der Waals surface area contributed by atoms with Gasteiger partial charge in [-0.15, -0.1) is 0 Å². The molecule has 0 bridgehead atoms. The van der Waals surface area contributed by atoms with Crippen molar-refractivity contribution in [1.29, 1.82) is 0 Å². The Morgan fingerprint density at radius 1 is 0.892 bits per heavy atom. The molecule has 2 heterocycles. The topological polar surface area (TPSA) is 69.8 Å². The van der Waals surface area contributed by atoms with Crippen molar-refractivity contribution in [2.45, 2.75) is 20.0 Å². The Kier molecular flexibility index (Phi) is 6.17. The zero-order chi connectivity index (χ0) is 26.2. The van der Waals surface area contributed by atoms with Gasteiger partial charge < -0.3 is 15.6 Å². The van der Waals surface area contributed by atoms with Gasteiger partial charge in [-0.1, -0.05) is 42.0 Å². The number of alkyl halides is 3. The van der Waals surface area contributed by atoms with Crippen molar-refractivity contribution in [3.63, 3.8) is 0 Å². The van der Waals surface area contributed by atoms with Crippen LogP contribution < -0.4 is 10.6 Å². The zero-order valence-corrected chi connectivity index (χ0v) is 20.1. The summed E-state index contributed by atoms with van der Waals surface area (Å²) in [6, 6.07) is 21.6. The molecule has 3 N–H and O–H groups in total. The van der Waals surface area contributed by atoms with Crippen LogP contribution in [0.3, 0.4) is 0 Å². The third-order valence-corrected chi connectivity index (χ3v) is 6.09. The first kappa shape index (κ1) is 24.1. The maximum atomic E-state index is 13.1. The number of aromatic amines is 1. The molecule has 0 spiro atoms. The predicted octanol–water partition coefficient (Wildman–Crippen LogP) is 7.86.